The van der Waals surface area contributed by atoms with Crippen LogP contribution in [0.2, 0.25) is 0 Å². The van der Waals surface area contributed by atoms with E-state index in [2.05, 4.69) is 10.6 Å². The van der Waals surface area contributed by atoms with Crippen molar-refractivity contribution in [1.29, 1.82) is 0 Å². The largest absolute Gasteiger partial charge is 0.481 e. The number of hydrogen-bond acceptors (Lipinski definition) is 8. The fourth-order valence-corrected chi connectivity index (χ4v) is 2.30. The second-order valence-corrected chi connectivity index (χ2v) is 6.83. The highest BCUT2D eigenvalue weighted by atomic mass is 16.4. The molecular formula is C17H27N5O10. The lowest BCUT2D eigenvalue weighted by Crippen LogP contribution is -2.57. The summed E-state index contributed by atoms with van der Waals surface area (Å²) in [4.78, 5) is 80.3. The van der Waals surface area contributed by atoms with Crippen LogP contribution in [0.25, 0.3) is 0 Å². The molecule has 0 aromatic heterocycles. The van der Waals surface area contributed by atoms with E-state index in [1.807, 2.05) is 5.32 Å². The van der Waals surface area contributed by atoms with Gasteiger partial charge in [-0.25, -0.2) is 4.79 Å². The molecule has 0 aliphatic carbocycles. The molecule has 0 aromatic rings. The average Bonchev–Trinajstić information content (AvgIpc) is 2.67. The molecule has 0 saturated heterocycles. The minimum atomic E-state index is -1.60. The van der Waals surface area contributed by atoms with Gasteiger partial charge in [0.15, 0.2) is 0 Å². The van der Waals surface area contributed by atoms with Crippen LogP contribution in [0, 0.1) is 0 Å². The number of hydrogen-bond donors (Lipinski definition) is 8. The maximum absolute atomic E-state index is 12.4. The van der Waals surface area contributed by atoms with Crippen LogP contribution in [-0.4, -0.2) is 81.0 Å². The van der Waals surface area contributed by atoms with Crippen molar-refractivity contribution >= 4 is 41.5 Å². The first-order valence-electron chi connectivity index (χ1n) is 9.36. The van der Waals surface area contributed by atoms with Crippen molar-refractivity contribution < 1.29 is 48.9 Å². The molecule has 0 bridgehead atoms. The first-order chi connectivity index (χ1) is 14.7. The molecule has 0 fully saturated rings. The van der Waals surface area contributed by atoms with E-state index >= 15 is 0 Å². The molecule has 0 spiro atoms. The number of amides is 4. The van der Waals surface area contributed by atoms with Crippen molar-refractivity contribution in [2.24, 2.45) is 11.5 Å². The summed E-state index contributed by atoms with van der Waals surface area (Å²) in [7, 11) is 0. The molecule has 4 amide bonds. The molecule has 4 unspecified atom stereocenters. The number of carbonyl (C=O) groups is 7. The molecule has 0 aliphatic heterocycles. The van der Waals surface area contributed by atoms with Gasteiger partial charge in [-0.15, -0.1) is 0 Å². The molecule has 0 aliphatic rings. The molecule has 0 aromatic carbocycles. The van der Waals surface area contributed by atoms with Crippen LogP contribution in [0.3, 0.4) is 0 Å². The Morgan fingerprint density at radius 2 is 1.25 bits per heavy atom. The van der Waals surface area contributed by atoms with Gasteiger partial charge in [-0.1, -0.05) is 0 Å². The fraction of sp³-hybridized carbons (Fsp3) is 0.588. The Hall–Kier alpha value is -3.75. The Morgan fingerprint density at radius 3 is 1.72 bits per heavy atom. The van der Waals surface area contributed by atoms with Gasteiger partial charge in [0, 0.05) is 12.8 Å². The monoisotopic (exact) mass is 461 g/mol. The Balaban J connectivity index is 5.10. The minimum Gasteiger partial charge on any atom is -0.481 e. The minimum absolute atomic E-state index is 0.185. The Labute approximate surface area is 181 Å². The molecule has 0 rings (SSSR count). The third-order valence-corrected chi connectivity index (χ3v) is 4.06. The molecule has 0 radical (unpaired) electrons. The van der Waals surface area contributed by atoms with E-state index in [-0.39, 0.29) is 12.8 Å². The smallest absolute Gasteiger partial charge is 0.326 e. The van der Waals surface area contributed by atoms with Crippen molar-refractivity contribution in [1.82, 2.24) is 16.0 Å². The number of aliphatic carboxylic acids is 3. The SMILES string of the molecule is CC(NC(=O)C(N)CCC(=O)O)C(=O)NC(CC(N)=O)C(=O)NC(CCC(=O)O)C(=O)O. The van der Waals surface area contributed by atoms with E-state index in [0.717, 1.165) is 0 Å². The summed E-state index contributed by atoms with van der Waals surface area (Å²) in [5.41, 5.74) is 10.6. The van der Waals surface area contributed by atoms with E-state index in [1.54, 1.807) is 0 Å². The summed E-state index contributed by atoms with van der Waals surface area (Å²) >= 11 is 0. The van der Waals surface area contributed by atoms with Gasteiger partial charge in [0.25, 0.3) is 0 Å². The topological polar surface area (TPSA) is 268 Å². The van der Waals surface area contributed by atoms with Gasteiger partial charge >= 0.3 is 17.9 Å². The predicted molar refractivity (Wildman–Crippen MR) is 105 cm³/mol. The first kappa shape index (κ1) is 28.2. The number of primary amides is 1. The van der Waals surface area contributed by atoms with Crippen molar-refractivity contribution in [2.45, 2.75) is 63.2 Å². The molecule has 10 N–H and O–H groups in total. The van der Waals surface area contributed by atoms with E-state index in [9.17, 15) is 33.6 Å². The zero-order chi connectivity index (χ0) is 25.0. The molecule has 15 heteroatoms. The zero-order valence-electron chi connectivity index (χ0n) is 17.2. The summed E-state index contributed by atoms with van der Waals surface area (Å²) in [6, 6.07) is -5.68. The molecule has 4 atom stereocenters. The third-order valence-electron chi connectivity index (χ3n) is 4.06. The van der Waals surface area contributed by atoms with Gasteiger partial charge in [-0.05, 0) is 19.8 Å². The number of carboxylic acid groups (broad SMARTS) is 3. The third kappa shape index (κ3) is 11.4. The van der Waals surface area contributed by atoms with E-state index in [4.69, 9.17) is 26.8 Å². The van der Waals surface area contributed by atoms with Crippen molar-refractivity contribution in [3.8, 4) is 0 Å². The summed E-state index contributed by atoms with van der Waals surface area (Å²) in [6.07, 6.45) is -2.27. The van der Waals surface area contributed by atoms with Crippen LogP contribution in [0.4, 0.5) is 0 Å². The number of nitrogens with two attached hydrogens (primary N) is 2. The lowest BCUT2D eigenvalue weighted by Gasteiger charge is -2.23. The summed E-state index contributed by atoms with van der Waals surface area (Å²) in [6.45, 7) is 1.23. The van der Waals surface area contributed by atoms with Gasteiger partial charge in [0.05, 0.1) is 12.5 Å². The molecule has 15 nitrogen and oxygen atoms in total. The molecule has 180 valence electrons. The van der Waals surface area contributed by atoms with E-state index in [0.29, 0.717) is 0 Å². The summed E-state index contributed by atoms with van der Waals surface area (Å²) in [5, 5.41) is 32.8. The van der Waals surface area contributed by atoms with Gasteiger partial charge < -0.3 is 42.7 Å². The van der Waals surface area contributed by atoms with Crippen LogP contribution in [0.1, 0.15) is 39.0 Å². The van der Waals surface area contributed by atoms with E-state index < -0.39 is 85.0 Å². The fourth-order valence-electron chi connectivity index (χ4n) is 2.30. The van der Waals surface area contributed by atoms with Gasteiger partial charge in [-0.3, -0.25) is 28.8 Å². The van der Waals surface area contributed by atoms with Crippen LogP contribution in [0.5, 0.6) is 0 Å². The number of carboxylic acids is 3. The quantitative estimate of drug-likeness (QED) is 0.118. The maximum atomic E-state index is 12.4. The highest BCUT2D eigenvalue weighted by Gasteiger charge is 2.30. The van der Waals surface area contributed by atoms with E-state index in [1.165, 1.54) is 6.92 Å². The Kier molecular flexibility index (Phi) is 11.9. The highest BCUT2D eigenvalue weighted by Crippen LogP contribution is 2.02. The van der Waals surface area contributed by atoms with Crippen molar-refractivity contribution in [3.05, 3.63) is 0 Å². The van der Waals surface area contributed by atoms with Crippen LogP contribution in [-0.2, 0) is 33.6 Å². The number of carbonyl (C=O) groups excluding carboxylic acids is 4. The number of nitrogens with one attached hydrogen (secondary N) is 3. The van der Waals surface area contributed by atoms with Crippen LogP contribution < -0.4 is 27.4 Å². The normalized spacial score (nSPS) is 14.2. The van der Waals surface area contributed by atoms with Gasteiger partial charge in [0.1, 0.15) is 18.1 Å². The van der Waals surface area contributed by atoms with Crippen molar-refractivity contribution in [2.75, 3.05) is 0 Å². The van der Waals surface area contributed by atoms with Gasteiger partial charge in [-0.2, -0.15) is 0 Å². The highest BCUT2D eigenvalue weighted by molar-refractivity contribution is 5.96. The Morgan fingerprint density at radius 1 is 0.750 bits per heavy atom. The average molecular weight is 461 g/mol. The summed E-state index contributed by atoms with van der Waals surface area (Å²) in [5.74, 6) is -7.87. The molecule has 0 saturated carbocycles. The second-order valence-electron chi connectivity index (χ2n) is 6.83. The van der Waals surface area contributed by atoms with Crippen LogP contribution in [0.15, 0.2) is 0 Å². The molecule has 0 heterocycles. The summed E-state index contributed by atoms with van der Waals surface area (Å²) < 4.78 is 0. The second kappa shape index (κ2) is 13.5. The maximum Gasteiger partial charge on any atom is 0.326 e. The lowest BCUT2D eigenvalue weighted by atomic mass is 10.1. The lowest BCUT2D eigenvalue weighted by molar-refractivity contribution is -0.143. The molecular weight excluding hydrogens is 434 g/mol. The molecule has 32 heavy (non-hydrogen) atoms. The zero-order valence-corrected chi connectivity index (χ0v) is 17.2. The van der Waals surface area contributed by atoms with Crippen LogP contribution >= 0.6 is 0 Å². The van der Waals surface area contributed by atoms with Crippen molar-refractivity contribution in [3.63, 3.8) is 0 Å². The Bertz CT molecular complexity index is 756. The predicted octanol–water partition coefficient (Wildman–Crippen LogP) is -3.52. The standard InChI is InChI=1S/C17H27N5O10/c1-7(20-15(29)8(18)2-4-12(24)25)14(28)22-10(6-11(19)23)16(30)21-9(17(31)32)3-5-13(26)27/h7-10H,2-6,18H2,1H3,(H2,19,23)(H,20,29)(H,21,30)(H,22,28)(H,24,25)(H,26,27)(H,31,32). The first-order valence-corrected chi connectivity index (χ1v) is 9.36. The van der Waals surface area contributed by atoms with Gasteiger partial charge in [0.2, 0.25) is 23.6 Å². The number of rotatable bonds is 15.